The first-order valence-electron chi connectivity index (χ1n) is 6.42. The van der Waals surface area contributed by atoms with Crippen molar-refractivity contribution in [1.29, 1.82) is 0 Å². The largest absolute Gasteiger partial charge is 0.454 e. The third-order valence-electron chi connectivity index (χ3n) is 3.18. The van der Waals surface area contributed by atoms with Crippen LogP contribution in [0.4, 0.5) is 0 Å². The molecular weight excluding hydrogens is 252 g/mol. The molecule has 0 unspecified atom stereocenters. The lowest BCUT2D eigenvalue weighted by atomic mass is 10.1. The molecule has 0 saturated heterocycles. The molecule has 0 N–H and O–H groups in total. The fourth-order valence-electron chi connectivity index (χ4n) is 2.06. The summed E-state index contributed by atoms with van der Waals surface area (Å²) in [5.41, 5.74) is 2.66. The average Bonchev–Trinajstić information content (AvgIpc) is 2.94. The molecule has 1 aliphatic rings. The van der Waals surface area contributed by atoms with Crippen LogP contribution < -0.4 is 9.47 Å². The van der Waals surface area contributed by atoms with Crippen molar-refractivity contribution in [3.05, 3.63) is 65.2 Å². The molecule has 0 radical (unpaired) electrons. The minimum absolute atomic E-state index is 0.0264. The second-order valence-corrected chi connectivity index (χ2v) is 4.64. The van der Waals surface area contributed by atoms with Crippen molar-refractivity contribution in [3.63, 3.8) is 0 Å². The molecule has 2 aromatic carbocycles. The highest BCUT2D eigenvalue weighted by Crippen LogP contribution is 2.35. The first-order valence-corrected chi connectivity index (χ1v) is 6.42. The average molecular weight is 266 g/mol. The van der Waals surface area contributed by atoms with E-state index >= 15 is 0 Å². The van der Waals surface area contributed by atoms with E-state index < -0.39 is 0 Å². The molecule has 1 aliphatic heterocycles. The predicted octanol–water partition coefficient (Wildman–Crippen LogP) is 3.62. The first-order chi connectivity index (χ1) is 9.74. The Labute approximate surface area is 117 Å². The highest BCUT2D eigenvalue weighted by atomic mass is 16.7. The van der Waals surface area contributed by atoms with E-state index in [4.69, 9.17) is 9.47 Å². The molecule has 0 saturated carbocycles. The summed E-state index contributed by atoms with van der Waals surface area (Å²) < 4.78 is 10.7. The molecule has 100 valence electrons. The molecule has 0 spiro atoms. The Hall–Kier alpha value is -2.55. The van der Waals surface area contributed by atoms with E-state index in [0.29, 0.717) is 11.3 Å². The zero-order chi connectivity index (χ0) is 13.9. The van der Waals surface area contributed by atoms with E-state index in [1.807, 2.05) is 49.4 Å². The Balaban J connectivity index is 1.82. The van der Waals surface area contributed by atoms with Crippen molar-refractivity contribution in [1.82, 2.24) is 0 Å². The molecule has 0 fully saturated rings. The Morgan fingerprint density at radius 3 is 2.70 bits per heavy atom. The lowest BCUT2D eigenvalue weighted by molar-refractivity contribution is 0.104. The smallest absolute Gasteiger partial charge is 0.231 e. The SMILES string of the molecule is Cc1ccc(C(=O)C=Cc2cccc3c2OCO3)cc1. The molecule has 3 rings (SSSR count). The fourth-order valence-corrected chi connectivity index (χ4v) is 2.06. The van der Waals surface area contributed by atoms with Crippen LogP contribution in [0.1, 0.15) is 21.5 Å². The van der Waals surface area contributed by atoms with E-state index in [9.17, 15) is 4.79 Å². The lowest BCUT2D eigenvalue weighted by Gasteiger charge is -2.00. The van der Waals surface area contributed by atoms with Gasteiger partial charge >= 0.3 is 0 Å². The summed E-state index contributed by atoms with van der Waals surface area (Å²) in [6.45, 7) is 2.22. The number of fused-ring (bicyclic) bond motifs is 1. The highest BCUT2D eigenvalue weighted by Gasteiger charge is 2.15. The number of rotatable bonds is 3. The summed E-state index contributed by atoms with van der Waals surface area (Å²) in [5.74, 6) is 1.39. The number of ketones is 1. The van der Waals surface area contributed by atoms with E-state index in [2.05, 4.69) is 0 Å². The van der Waals surface area contributed by atoms with Crippen LogP contribution in [-0.4, -0.2) is 12.6 Å². The maximum Gasteiger partial charge on any atom is 0.231 e. The Kier molecular flexibility index (Phi) is 3.25. The van der Waals surface area contributed by atoms with Crippen LogP contribution in [0.25, 0.3) is 6.08 Å². The summed E-state index contributed by atoms with van der Waals surface area (Å²) in [6.07, 6.45) is 3.32. The van der Waals surface area contributed by atoms with Crippen molar-refractivity contribution in [3.8, 4) is 11.5 Å². The number of benzene rings is 2. The van der Waals surface area contributed by atoms with Gasteiger partial charge in [0.15, 0.2) is 17.3 Å². The molecule has 0 aromatic heterocycles. The molecule has 0 atom stereocenters. The van der Waals surface area contributed by atoms with Gasteiger partial charge in [0.05, 0.1) is 0 Å². The standard InChI is InChI=1S/C17H14O3/c1-12-5-7-13(8-6-12)15(18)10-9-14-3-2-4-16-17(14)20-11-19-16/h2-10H,11H2,1H3. The third-order valence-corrected chi connectivity index (χ3v) is 3.18. The van der Waals surface area contributed by atoms with E-state index in [-0.39, 0.29) is 12.6 Å². The van der Waals surface area contributed by atoms with Crippen molar-refractivity contribution in [2.45, 2.75) is 6.92 Å². The van der Waals surface area contributed by atoms with Crippen LogP contribution in [0.15, 0.2) is 48.5 Å². The molecule has 0 bridgehead atoms. The number of ether oxygens (including phenoxy) is 2. The second-order valence-electron chi connectivity index (χ2n) is 4.64. The van der Waals surface area contributed by atoms with Gasteiger partial charge < -0.3 is 9.47 Å². The maximum absolute atomic E-state index is 12.1. The summed E-state index contributed by atoms with van der Waals surface area (Å²) in [4.78, 5) is 12.1. The zero-order valence-corrected chi connectivity index (χ0v) is 11.1. The Morgan fingerprint density at radius 1 is 1.10 bits per heavy atom. The van der Waals surface area contributed by atoms with Crippen LogP contribution in [0, 0.1) is 6.92 Å². The minimum Gasteiger partial charge on any atom is -0.454 e. The van der Waals surface area contributed by atoms with Gasteiger partial charge in [0.25, 0.3) is 0 Å². The molecule has 0 aliphatic carbocycles. The number of para-hydroxylation sites is 1. The van der Waals surface area contributed by atoms with Gasteiger partial charge in [-0.3, -0.25) is 4.79 Å². The topological polar surface area (TPSA) is 35.5 Å². The van der Waals surface area contributed by atoms with Gasteiger partial charge in [0.1, 0.15) is 0 Å². The van der Waals surface area contributed by atoms with Gasteiger partial charge in [-0.05, 0) is 25.1 Å². The number of allylic oxidation sites excluding steroid dienone is 1. The first kappa shape index (κ1) is 12.5. The number of hydrogen-bond acceptors (Lipinski definition) is 3. The molecule has 1 heterocycles. The number of carbonyl (C=O) groups is 1. The second kappa shape index (κ2) is 5.21. The molecule has 3 heteroatoms. The third kappa shape index (κ3) is 2.43. The fraction of sp³-hybridized carbons (Fsp3) is 0.118. The quantitative estimate of drug-likeness (QED) is 0.628. The van der Waals surface area contributed by atoms with Crippen LogP contribution in [0.2, 0.25) is 0 Å². The van der Waals surface area contributed by atoms with Crippen molar-refractivity contribution < 1.29 is 14.3 Å². The van der Waals surface area contributed by atoms with Gasteiger partial charge in [-0.25, -0.2) is 0 Å². The molecular formula is C17H14O3. The van der Waals surface area contributed by atoms with Gasteiger partial charge in [-0.1, -0.05) is 42.0 Å². The normalized spacial score (nSPS) is 12.8. The van der Waals surface area contributed by atoms with Crippen molar-refractivity contribution in [2.75, 3.05) is 6.79 Å². The monoisotopic (exact) mass is 266 g/mol. The number of carbonyl (C=O) groups excluding carboxylic acids is 1. The molecule has 0 amide bonds. The van der Waals surface area contributed by atoms with E-state index in [0.717, 1.165) is 16.9 Å². The zero-order valence-electron chi connectivity index (χ0n) is 11.1. The summed E-state index contributed by atoms with van der Waals surface area (Å²) in [6, 6.07) is 13.1. The Bertz CT molecular complexity index is 669. The van der Waals surface area contributed by atoms with Gasteiger partial charge in [-0.2, -0.15) is 0 Å². The number of aryl methyl sites for hydroxylation is 1. The van der Waals surface area contributed by atoms with Gasteiger partial charge in [-0.15, -0.1) is 0 Å². The molecule has 2 aromatic rings. The van der Waals surface area contributed by atoms with Crippen molar-refractivity contribution in [2.24, 2.45) is 0 Å². The molecule has 3 nitrogen and oxygen atoms in total. The number of hydrogen-bond donors (Lipinski definition) is 0. The predicted molar refractivity (Wildman–Crippen MR) is 77.1 cm³/mol. The molecule has 20 heavy (non-hydrogen) atoms. The van der Waals surface area contributed by atoms with Crippen LogP contribution >= 0.6 is 0 Å². The summed E-state index contributed by atoms with van der Waals surface area (Å²) in [5, 5.41) is 0. The summed E-state index contributed by atoms with van der Waals surface area (Å²) in [7, 11) is 0. The van der Waals surface area contributed by atoms with Crippen molar-refractivity contribution >= 4 is 11.9 Å². The highest BCUT2D eigenvalue weighted by molar-refractivity contribution is 6.07. The van der Waals surface area contributed by atoms with Crippen LogP contribution in [-0.2, 0) is 0 Å². The van der Waals surface area contributed by atoms with Gasteiger partial charge in [0.2, 0.25) is 6.79 Å². The van der Waals surface area contributed by atoms with E-state index in [1.54, 1.807) is 12.2 Å². The van der Waals surface area contributed by atoms with Crippen LogP contribution in [0.5, 0.6) is 11.5 Å². The summed E-state index contributed by atoms with van der Waals surface area (Å²) >= 11 is 0. The van der Waals surface area contributed by atoms with Gasteiger partial charge in [0, 0.05) is 11.1 Å². The minimum atomic E-state index is -0.0264. The lowest BCUT2D eigenvalue weighted by Crippen LogP contribution is -1.94. The maximum atomic E-state index is 12.1. The Morgan fingerprint density at radius 2 is 1.90 bits per heavy atom. The van der Waals surface area contributed by atoms with Crippen LogP contribution in [0.3, 0.4) is 0 Å². The van der Waals surface area contributed by atoms with E-state index in [1.165, 1.54) is 0 Å².